The second-order valence-electron chi connectivity index (χ2n) is 8.15. The zero-order chi connectivity index (χ0) is 21.2. The van der Waals surface area contributed by atoms with Crippen LogP contribution in [-0.4, -0.2) is 4.98 Å². The van der Waals surface area contributed by atoms with E-state index in [1.807, 2.05) is 6.20 Å². The van der Waals surface area contributed by atoms with Crippen molar-refractivity contribution in [2.75, 3.05) is 0 Å². The van der Waals surface area contributed by atoms with Gasteiger partial charge in [0.1, 0.15) is 0 Å². The lowest BCUT2D eigenvalue weighted by Crippen LogP contribution is -2.30. The highest BCUT2D eigenvalue weighted by Gasteiger charge is 2.09. The molecule has 0 bridgehead atoms. The first-order chi connectivity index (χ1) is 15.2. The van der Waals surface area contributed by atoms with Gasteiger partial charge < -0.3 is 4.98 Å². The number of hydrogen-bond acceptors (Lipinski definition) is 0. The highest BCUT2D eigenvalue weighted by molar-refractivity contribution is 5.85. The molecule has 1 aliphatic rings. The van der Waals surface area contributed by atoms with Crippen LogP contribution in [0.15, 0.2) is 72.9 Å². The van der Waals surface area contributed by atoms with Crippen LogP contribution in [0.5, 0.6) is 0 Å². The number of aryl methyl sites for hydroxylation is 2. The molecule has 1 heteroatoms. The molecule has 0 spiro atoms. The lowest BCUT2D eigenvalue weighted by molar-refractivity contribution is 1.06. The monoisotopic (exact) mass is 397 g/mol. The number of fused-ring (bicyclic) bond motifs is 2. The number of rotatable bonds is 0. The van der Waals surface area contributed by atoms with Gasteiger partial charge in [-0.05, 0) is 67.8 Å². The molecule has 3 aromatic carbocycles. The summed E-state index contributed by atoms with van der Waals surface area (Å²) in [5, 5.41) is 4.79. The van der Waals surface area contributed by atoms with E-state index in [9.17, 15) is 0 Å². The summed E-state index contributed by atoms with van der Waals surface area (Å²) in [6, 6.07) is 23.5. The summed E-state index contributed by atoms with van der Waals surface area (Å²) in [6.07, 6.45) is 3.82. The highest BCUT2D eigenvalue weighted by Crippen LogP contribution is 2.18. The fraction of sp³-hybridized carbons (Fsp3) is 0.133. The summed E-state index contributed by atoms with van der Waals surface area (Å²) in [6.45, 7) is 4.22. The first kappa shape index (κ1) is 19.0. The molecule has 31 heavy (non-hydrogen) atoms. The van der Waals surface area contributed by atoms with E-state index >= 15 is 0 Å². The van der Waals surface area contributed by atoms with Gasteiger partial charge in [0.05, 0.1) is 5.35 Å². The van der Waals surface area contributed by atoms with Crippen LogP contribution >= 0.6 is 0 Å². The molecular weight excluding hydrogens is 374 g/mol. The number of aromatic nitrogens is 1. The van der Waals surface area contributed by atoms with E-state index in [2.05, 4.69) is 109 Å². The zero-order valence-electron chi connectivity index (χ0n) is 17.8. The van der Waals surface area contributed by atoms with Crippen molar-refractivity contribution in [1.82, 2.24) is 4.98 Å². The molecule has 0 saturated heterocycles. The molecule has 148 valence electrons. The van der Waals surface area contributed by atoms with Gasteiger partial charge in [-0.3, -0.25) is 0 Å². The van der Waals surface area contributed by atoms with Gasteiger partial charge in [0.2, 0.25) is 0 Å². The van der Waals surface area contributed by atoms with Crippen LogP contribution in [0.25, 0.3) is 21.9 Å². The Labute approximate surface area is 183 Å². The second-order valence-corrected chi connectivity index (χ2v) is 8.15. The summed E-state index contributed by atoms with van der Waals surface area (Å²) in [4.78, 5) is 3.39. The van der Waals surface area contributed by atoms with Crippen molar-refractivity contribution in [3.05, 3.63) is 106 Å². The minimum Gasteiger partial charge on any atom is -0.360 e. The molecule has 0 saturated carbocycles. The van der Waals surface area contributed by atoms with Gasteiger partial charge in [-0.25, -0.2) is 0 Å². The number of hydrogen-bond donors (Lipinski definition) is 1. The Balaban J connectivity index is 1.52. The van der Waals surface area contributed by atoms with Crippen LogP contribution < -0.4 is 10.6 Å². The maximum atomic E-state index is 3.43. The van der Waals surface area contributed by atoms with Crippen LogP contribution in [0, 0.1) is 37.5 Å². The van der Waals surface area contributed by atoms with Crippen molar-refractivity contribution < 1.29 is 0 Å². The molecule has 4 aromatic rings. The summed E-state index contributed by atoms with van der Waals surface area (Å²) >= 11 is 0. The summed E-state index contributed by atoms with van der Waals surface area (Å²) in [5.41, 5.74) is 6.97. The van der Waals surface area contributed by atoms with E-state index in [-0.39, 0.29) is 0 Å². The smallest absolute Gasteiger partial charge is 0.0580 e. The van der Waals surface area contributed by atoms with Gasteiger partial charge in [0, 0.05) is 33.7 Å². The van der Waals surface area contributed by atoms with Crippen molar-refractivity contribution in [3.63, 3.8) is 0 Å². The molecular formula is C30H23N. The molecule has 0 aliphatic heterocycles. The fourth-order valence-electron chi connectivity index (χ4n) is 4.01. The lowest BCUT2D eigenvalue weighted by Gasteiger charge is -2.06. The Bertz CT molecular complexity index is 1540. The Hall–Kier alpha value is -3.94. The van der Waals surface area contributed by atoms with E-state index in [4.69, 9.17) is 0 Å². The van der Waals surface area contributed by atoms with Crippen molar-refractivity contribution >= 4 is 21.9 Å². The predicted molar refractivity (Wildman–Crippen MR) is 130 cm³/mol. The minimum atomic E-state index is 0.908. The van der Waals surface area contributed by atoms with Crippen molar-refractivity contribution in [2.24, 2.45) is 0 Å². The fourth-order valence-corrected chi connectivity index (χ4v) is 4.01. The Morgan fingerprint density at radius 2 is 1.26 bits per heavy atom. The Morgan fingerprint density at radius 1 is 0.613 bits per heavy atom. The number of H-pyrrole nitrogens is 1. The molecule has 1 nitrogen and oxygen atoms in total. The summed E-state index contributed by atoms with van der Waals surface area (Å²) in [7, 11) is 0. The zero-order valence-corrected chi connectivity index (χ0v) is 17.8. The van der Waals surface area contributed by atoms with Crippen LogP contribution in [0.2, 0.25) is 0 Å². The molecule has 5 rings (SSSR count). The largest absolute Gasteiger partial charge is 0.360 e. The van der Waals surface area contributed by atoms with Crippen LogP contribution in [-0.2, 0) is 0 Å². The van der Waals surface area contributed by atoms with Crippen LogP contribution in [0.4, 0.5) is 0 Å². The predicted octanol–water partition coefficient (Wildman–Crippen LogP) is 4.98. The molecule has 0 unspecified atom stereocenters. The average Bonchev–Trinajstić information content (AvgIpc) is 3.28. The van der Waals surface area contributed by atoms with Gasteiger partial charge in [0.15, 0.2) is 0 Å². The Kier molecular flexibility index (Phi) is 4.95. The third kappa shape index (κ3) is 4.05. The molecule has 1 aliphatic carbocycles. The van der Waals surface area contributed by atoms with Crippen molar-refractivity contribution in [2.45, 2.75) is 26.7 Å². The van der Waals surface area contributed by atoms with E-state index in [1.54, 1.807) is 0 Å². The Morgan fingerprint density at radius 3 is 2.13 bits per heavy atom. The summed E-state index contributed by atoms with van der Waals surface area (Å²) < 4.78 is 0. The van der Waals surface area contributed by atoms with Crippen LogP contribution in [0.1, 0.15) is 35.1 Å². The third-order valence-electron chi connectivity index (χ3n) is 5.76. The van der Waals surface area contributed by atoms with Gasteiger partial charge in [-0.2, -0.15) is 0 Å². The third-order valence-corrected chi connectivity index (χ3v) is 5.76. The van der Waals surface area contributed by atoms with E-state index in [0.717, 1.165) is 34.9 Å². The number of benzene rings is 3. The van der Waals surface area contributed by atoms with Crippen LogP contribution in [0.3, 0.4) is 0 Å². The molecule has 1 heterocycles. The molecule has 1 aromatic heterocycles. The molecule has 1 N–H and O–H groups in total. The maximum absolute atomic E-state index is 3.43. The first-order valence-corrected chi connectivity index (χ1v) is 10.7. The van der Waals surface area contributed by atoms with Crippen molar-refractivity contribution in [1.29, 1.82) is 0 Å². The molecule has 0 fully saturated rings. The molecule has 0 amide bonds. The van der Waals surface area contributed by atoms with Gasteiger partial charge >= 0.3 is 0 Å². The normalized spacial score (nSPS) is 12.6. The van der Waals surface area contributed by atoms with Crippen molar-refractivity contribution in [3.8, 4) is 23.7 Å². The number of nitrogens with one attached hydrogen (secondary N) is 1. The number of aromatic amines is 1. The SMILES string of the molecule is Cc1ccc(C#CC2=c3cc[nH]c3=C(C#Cc3ccc4cc(C)ccc4c3)CC2)cc1. The summed E-state index contributed by atoms with van der Waals surface area (Å²) in [5.74, 6) is 13.5. The van der Waals surface area contributed by atoms with E-state index in [1.165, 1.54) is 32.7 Å². The topological polar surface area (TPSA) is 15.8 Å². The average molecular weight is 398 g/mol. The molecule has 0 radical (unpaired) electrons. The minimum absolute atomic E-state index is 0.908. The van der Waals surface area contributed by atoms with Gasteiger partial charge in [-0.15, -0.1) is 0 Å². The first-order valence-electron chi connectivity index (χ1n) is 10.7. The van der Waals surface area contributed by atoms with E-state index < -0.39 is 0 Å². The van der Waals surface area contributed by atoms with Gasteiger partial charge in [-0.1, -0.05) is 71.2 Å². The standard InChI is InChI=1S/C30H23N/c1-21-3-6-23(7-4-21)8-12-25-15-16-26(30-29(25)17-18-31-30)13-9-24-10-14-27-19-22(2)5-11-28(27)20-24/h3-7,10-11,14,17-20,31H,15-16H2,1-2H3. The lowest BCUT2D eigenvalue weighted by atomic mass is 9.97. The maximum Gasteiger partial charge on any atom is 0.0580 e. The quantitative estimate of drug-likeness (QED) is 0.403. The van der Waals surface area contributed by atoms with Gasteiger partial charge in [0.25, 0.3) is 0 Å². The second kappa shape index (κ2) is 8.06. The highest BCUT2D eigenvalue weighted by atomic mass is 14.7. The molecule has 0 atom stereocenters. The van der Waals surface area contributed by atoms with E-state index in [0.29, 0.717) is 0 Å².